The summed E-state index contributed by atoms with van der Waals surface area (Å²) in [5, 5.41) is 7.34. The Labute approximate surface area is 188 Å². The lowest BCUT2D eigenvalue weighted by molar-refractivity contribution is -0.136. The molecule has 0 aliphatic rings. The van der Waals surface area contributed by atoms with Crippen LogP contribution in [0, 0.1) is 0 Å². The molecule has 3 rings (SSSR count). The third kappa shape index (κ3) is 6.22. The molecule has 3 aromatic rings. The summed E-state index contributed by atoms with van der Waals surface area (Å²) in [6.45, 7) is 1.70. The third-order valence-corrected chi connectivity index (χ3v) is 4.64. The topological polar surface area (TPSA) is 92.4 Å². The molecule has 0 aliphatic carbocycles. The zero-order valence-electron chi connectivity index (χ0n) is 17.7. The van der Waals surface area contributed by atoms with Crippen LogP contribution < -0.4 is 20.7 Å². The van der Waals surface area contributed by atoms with E-state index in [0.29, 0.717) is 17.1 Å². The number of nitrogens with one attached hydrogen (secondary N) is 3. The van der Waals surface area contributed by atoms with Crippen LogP contribution in [0.4, 0.5) is 23.7 Å². The zero-order chi connectivity index (χ0) is 24.0. The monoisotopic (exact) mass is 458 g/mol. The van der Waals surface area contributed by atoms with Crippen molar-refractivity contribution in [3.8, 4) is 11.5 Å². The zero-order valence-corrected chi connectivity index (χ0v) is 17.7. The number of carbonyl (C=O) groups is 2. The van der Waals surface area contributed by atoms with Gasteiger partial charge in [-0.25, -0.2) is 4.79 Å². The number of benzene rings is 2. The molecule has 0 fully saturated rings. The summed E-state index contributed by atoms with van der Waals surface area (Å²) in [7, 11) is 1.50. The predicted octanol–water partition coefficient (Wildman–Crippen LogP) is 5.14. The van der Waals surface area contributed by atoms with Crippen LogP contribution in [0.25, 0.3) is 0 Å². The van der Waals surface area contributed by atoms with Gasteiger partial charge >= 0.3 is 12.2 Å². The smallest absolute Gasteiger partial charge is 0.418 e. The molecule has 3 amide bonds. The number of alkyl halides is 3. The normalized spacial score (nSPS) is 11.9. The molecular formula is C23H21F3N4O3. The van der Waals surface area contributed by atoms with Crippen molar-refractivity contribution in [3.05, 3.63) is 83.7 Å². The number of para-hydroxylation sites is 1. The van der Waals surface area contributed by atoms with Crippen molar-refractivity contribution < 1.29 is 27.5 Å². The number of nitrogens with zero attached hydrogens (tertiary/aromatic N) is 1. The molecule has 0 aliphatic heterocycles. The summed E-state index contributed by atoms with van der Waals surface area (Å²) in [6, 6.07) is 13.4. The van der Waals surface area contributed by atoms with Crippen molar-refractivity contribution in [1.82, 2.24) is 15.6 Å². The fourth-order valence-corrected chi connectivity index (χ4v) is 2.97. The van der Waals surface area contributed by atoms with Crippen molar-refractivity contribution in [2.45, 2.75) is 19.1 Å². The molecule has 1 unspecified atom stereocenters. The average Bonchev–Trinajstić information content (AvgIpc) is 2.78. The number of amides is 3. The van der Waals surface area contributed by atoms with E-state index in [0.717, 1.165) is 6.07 Å². The summed E-state index contributed by atoms with van der Waals surface area (Å²) in [4.78, 5) is 27.9. The Kier molecular flexibility index (Phi) is 7.17. The van der Waals surface area contributed by atoms with E-state index in [9.17, 15) is 22.8 Å². The van der Waals surface area contributed by atoms with Crippen molar-refractivity contribution in [2.75, 3.05) is 12.4 Å². The van der Waals surface area contributed by atoms with Gasteiger partial charge in [-0.1, -0.05) is 24.3 Å². The predicted molar refractivity (Wildman–Crippen MR) is 116 cm³/mol. The van der Waals surface area contributed by atoms with E-state index < -0.39 is 23.8 Å². The van der Waals surface area contributed by atoms with E-state index in [-0.39, 0.29) is 17.3 Å². The number of hydrogen-bond donors (Lipinski definition) is 3. The van der Waals surface area contributed by atoms with E-state index in [1.54, 1.807) is 37.3 Å². The summed E-state index contributed by atoms with van der Waals surface area (Å²) < 4.78 is 45.0. The second-order valence-electron chi connectivity index (χ2n) is 6.99. The Hall–Kier alpha value is -4.08. The molecule has 3 N–H and O–H groups in total. The van der Waals surface area contributed by atoms with Crippen LogP contribution in [0.1, 0.15) is 34.6 Å². The summed E-state index contributed by atoms with van der Waals surface area (Å²) >= 11 is 0. The van der Waals surface area contributed by atoms with Gasteiger partial charge in [-0.05, 0) is 42.8 Å². The quantitative estimate of drug-likeness (QED) is 0.477. The van der Waals surface area contributed by atoms with Gasteiger partial charge in [0.25, 0.3) is 5.91 Å². The van der Waals surface area contributed by atoms with Gasteiger partial charge in [0.05, 0.1) is 17.3 Å². The molecule has 0 saturated heterocycles. The number of urea groups is 1. The van der Waals surface area contributed by atoms with Crippen LogP contribution in [0.3, 0.4) is 0 Å². The second-order valence-corrected chi connectivity index (χ2v) is 6.99. The van der Waals surface area contributed by atoms with Gasteiger partial charge in [-0.3, -0.25) is 9.78 Å². The molecule has 7 nitrogen and oxygen atoms in total. The van der Waals surface area contributed by atoms with Crippen molar-refractivity contribution in [2.24, 2.45) is 0 Å². The van der Waals surface area contributed by atoms with Crippen LogP contribution in [-0.4, -0.2) is 24.0 Å². The Bertz CT molecular complexity index is 1130. The lowest BCUT2D eigenvalue weighted by atomic mass is 10.1. The van der Waals surface area contributed by atoms with Crippen molar-refractivity contribution in [1.29, 1.82) is 0 Å². The van der Waals surface area contributed by atoms with Crippen LogP contribution in [-0.2, 0) is 6.18 Å². The molecule has 172 valence electrons. The molecule has 1 aromatic heterocycles. The number of carbonyl (C=O) groups excluding carboxylic acids is 2. The molecule has 0 radical (unpaired) electrons. The summed E-state index contributed by atoms with van der Waals surface area (Å²) in [5.41, 5.74) is -0.332. The molecule has 0 bridgehead atoms. The first-order valence-corrected chi connectivity index (χ1v) is 9.87. The van der Waals surface area contributed by atoms with E-state index >= 15 is 0 Å². The van der Waals surface area contributed by atoms with Crippen LogP contribution in [0.15, 0.2) is 66.9 Å². The molecular weight excluding hydrogens is 437 g/mol. The van der Waals surface area contributed by atoms with Gasteiger partial charge in [0.1, 0.15) is 17.2 Å². The first-order valence-electron chi connectivity index (χ1n) is 9.87. The second kappa shape index (κ2) is 10.0. The lowest BCUT2D eigenvalue weighted by Gasteiger charge is -2.17. The number of rotatable bonds is 6. The van der Waals surface area contributed by atoms with E-state index in [1.165, 1.54) is 37.5 Å². The summed E-state index contributed by atoms with van der Waals surface area (Å²) in [6.07, 6.45) is -3.13. The first-order chi connectivity index (χ1) is 15.7. The summed E-state index contributed by atoms with van der Waals surface area (Å²) in [5.74, 6) is 0.570. The Morgan fingerprint density at radius 1 is 1.00 bits per heavy atom. The third-order valence-electron chi connectivity index (χ3n) is 4.64. The van der Waals surface area contributed by atoms with Gasteiger partial charge < -0.3 is 20.7 Å². The van der Waals surface area contributed by atoms with Crippen LogP contribution in [0.5, 0.6) is 11.5 Å². The van der Waals surface area contributed by atoms with E-state index in [4.69, 9.17) is 4.74 Å². The first kappa shape index (κ1) is 23.6. The molecule has 0 spiro atoms. The van der Waals surface area contributed by atoms with Gasteiger partial charge in [-0.2, -0.15) is 13.2 Å². The number of aromatic nitrogens is 1. The molecule has 0 saturated carbocycles. The minimum atomic E-state index is -4.58. The minimum Gasteiger partial charge on any atom is -0.457 e. The van der Waals surface area contributed by atoms with E-state index in [1.807, 2.05) is 0 Å². The number of anilines is 1. The molecule has 1 heterocycles. The average molecular weight is 458 g/mol. The number of ether oxygens (including phenoxy) is 1. The van der Waals surface area contributed by atoms with E-state index in [2.05, 4.69) is 20.9 Å². The molecule has 33 heavy (non-hydrogen) atoms. The van der Waals surface area contributed by atoms with Crippen molar-refractivity contribution >= 4 is 17.6 Å². The maximum Gasteiger partial charge on any atom is 0.418 e. The number of hydrogen-bond acceptors (Lipinski definition) is 4. The van der Waals surface area contributed by atoms with Crippen LogP contribution in [0.2, 0.25) is 0 Å². The highest BCUT2D eigenvalue weighted by molar-refractivity contribution is 5.92. The number of pyridine rings is 1. The fraction of sp³-hybridized carbons (Fsp3) is 0.174. The fourth-order valence-electron chi connectivity index (χ4n) is 2.97. The van der Waals surface area contributed by atoms with Gasteiger partial charge in [0.2, 0.25) is 0 Å². The highest BCUT2D eigenvalue weighted by atomic mass is 19.4. The largest absolute Gasteiger partial charge is 0.457 e. The molecule has 1 atom stereocenters. The van der Waals surface area contributed by atoms with Gasteiger partial charge in [-0.15, -0.1) is 0 Å². The Morgan fingerprint density at radius 2 is 1.70 bits per heavy atom. The van der Waals surface area contributed by atoms with Crippen molar-refractivity contribution in [3.63, 3.8) is 0 Å². The van der Waals surface area contributed by atoms with Gasteiger partial charge in [0, 0.05) is 19.3 Å². The van der Waals surface area contributed by atoms with Gasteiger partial charge in [0.15, 0.2) is 0 Å². The lowest BCUT2D eigenvalue weighted by Crippen LogP contribution is -2.31. The maximum absolute atomic E-state index is 13.1. The van der Waals surface area contributed by atoms with Crippen LogP contribution >= 0.6 is 0 Å². The molecule has 2 aromatic carbocycles. The molecule has 10 heteroatoms. The SMILES string of the molecule is CNC(=O)c1cc(Oc2ccc(C(C)NC(=O)Nc3ccccc3C(F)(F)F)cc2)ccn1. The number of halogens is 3. The Morgan fingerprint density at radius 3 is 2.36 bits per heavy atom. The maximum atomic E-state index is 13.1. The Balaban J connectivity index is 1.62. The highest BCUT2D eigenvalue weighted by Crippen LogP contribution is 2.34. The highest BCUT2D eigenvalue weighted by Gasteiger charge is 2.33. The standard InChI is InChI=1S/C23H21F3N4O3/c1-14(29-22(32)30-19-6-4-3-5-18(19)23(24,25)26)15-7-9-16(10-8-15)33-17-11-12-28-20(13-17)21(31)27-2/h3-14H,1-2H3,(H,27,31)(H2,29,30,32). The minimum absolute atomic E-state index is 0.211.